The Morgan fingerprint density at radius 3 is 1.52 bits per heavy atom. The van der Waals surface area contributed by atoms with Crippen molar-refractivity contribution in [2.24, 2.45) is 20.5 Å². The van der Waals surface area contributed by atoms with Crippen molar-refractivity contribution >= 4 is 44.3 Å². The zero-order valence-electron chi connectivity index (χ0n) is 25.5. The van der Waals surface area contributed by atoms with Gasteiger partial charge in [-0.15, -0.1) is 0 Å². The van der Waals surface area contributed by atoms with Crippen molar-refractivity contribution in [3.63, 3.8) is 0 Å². The van der Waals surface area contributed by atoms with Gasteiger partial charge in [-0.1, -0.05) is 147 Å². The Kier molecular flexibility index (Phi) is 10.8. The van der Waals surface area contributed by atoms with Crippen LogP contribution in [0.3, 0.4) is 0 Å². The summed E-state index contributed by atoms with van der Waals surface area (Å²) in [7, 11) is 0. The molecule has 0 unspecified atom stereocenters. The van der Waals surface area contributed by atoms with E-state index in [0.717, 1.165) is 28.0 Å². The molecule has 0 aliphatic carbocycles. The smallest absolute Gasteiger partial charge is 0.871 e. The molecule has 0 heterocycles. The van der Waals surface area contributed by atoms with Crippen molar-refractivity contribution in [1.29, 1.82) is 0 Å². The van der Waals surface area contributed by atoms with E-state index in [-0.39, 0.29) is 68.5 Å². The molecular formula is C37H30CrN4O4-. The first kappa shape index (κ1) is 33.7. The van der Waals surface area contributed by atoms with Crippen LogP contribution in [-0.4, -0.2) is 0 Å². The number of benzene rings is 6. The second kappa shape index (κ2) is 14.7. The van der Waals surface area contributed by atoms with Crippen LogP contribution in [0.5, 0.6) is 23.0 Å². The fourth-order valence-corrected chi connectivity index (χ4v) is 4.75. The van der Waals surface area contributed by atoms with Crippen LogP contribution in [0.15, 0.2) is 136 Å². The summed E-state index contributed by atoms with van der Waals surface area (Å²) in [6, 6.07) is 33.0. The summed E-state index contributed by atoms with van der Waals surface area (Å²) in [4.78, 5) is 0. The van der Waals surface area contributed by atoms with Gasteiger partial charge in [-0.3, -0.25) is 0 Å². The Balaban J connectivity index is 0.000000209. The van der Waals surface area contributed by atoms with Crippen molar-refractivity contribution in [2.45, 2.75) is 32.6 Å². The normalized spacial score (nSPS) is 11.5. The van der Waals surface area contributed by atoms with Crippen molar-refractivity contribution in [2.75, 3.05) is 0 Å². The van der Waals surface area contributed by atoms with E-state index in [1.165, 1.54) is 18.2 Å². The van der Waals surface area contributed by atoms with E-state index in [2.05, 4.69) is 20.5 Å². The molecule has 0 N–H and O–H groups in total. The van der Waals surface area contributed by atoms with E-state index in [9.17, 15) is 20.4 Å². The zero-order valence-corrected chi connectivity index (χ0v) is 26.8. The molecule has 0 aromatic heterocycles. The summed E-state index contributed by atoms with van der Waals surface area (Å²) < 4.78 is 0. The topological polar surface area (TPSA) is 142 Å². The Morgan fingerprint density at radius 2 is 0.978 bits per heavy atom. The van der Waals surface area contributed by atoms with Gasteiger partial charge < -0.3 is 20.4 Å². The van der Waals surface area contributed by atoms with E-state index >= 15 is 0 Å². The van der Waals surface area contributed by atoms with Gasteiger partial charge in [0.25, 0.3) is 0 Å². The van der Waals surface area contributed by atoms with Gasteiger partial charge in [0, 0.05) is 10.8 Å². The monoisotopic (exact) mass is 646 g/mol. The summed E-state index contributed by atoms with van der Waals surface area (Å²) in [6.45, 7) is 6.11. The minimum absolute atomic E-state index is 0. The van der Waals surface area contributed by atoms with E-state index in [1.54, 1.807) is 36.4 Å². The summed E-state index contributed by atoms with van der Waals surface area (Å²) in [5.41, 5.74) is 1.48. The molecule has 0 aliphatic heterocycles. The number of fused-ring (bicyclic) bond motifs is 2. The van der Waals surface area contributed by atoms with Gasteiger partial charge in [0.15, 0.2) is 0 Å². The molecule has 0 fully saturated rings. The first-order valence-electron chi connectivity index (χ1n) is 14.5. The molecule has 229 valence electrons. The summed E-state index contributed by atoms with van der Waals surface area (Å²) in [6.07, 6.45) is 0.844. The maximum Gasteiger partial charge on any atom is 3.00 e. The maximum atomic E-state index is 12.7. The maximum absolute atomic E-state index is 12.7. The molecular weight excluding hydrogens is 616 g/mol. The van der Waals surface area contributed by atoms with Gasteiger partial charge in [-0.2, -0.15) is 20.5 Å². The second-order valence-electron chi connectivity index (χ2n) is 11.0. The molecule has 0 bridgehead atoms. The molecule has 0 spiro atoms. The third-order valence-electron chi connectivity index (χ3n) is 7.72. The van der Waals surface area contributed by atoms with Gasteiger partial charge in [0.05, 0.1) is 22.7 Å². The quantitative estimate of drug-likeness (QED) is 0.167. The SMILES string of the molecule is CCC(C)(C)c1cccc(N=Nc2c([O-])ccc3ccccc23)c1[O-].[Cr+3].[O-]c1ccccc1N=Nc1c([O-])ccc2ccccc12. The molecule has 6 rings (SSSR count). The van der Waals surface area contributed by atoms with E-state index < -0.39 is 0 Å². The number of hydrogen-bond acceptors (Lipinski definition) is 8. The number of hydrogen-bond donors (Lipinski definition) is 0. The van der Waals surface area contributed by atoms with Gasteiger partial charge in [-0.25, -0.2) is 0 Å². The van der Waals surface area contributed by atoms with Crippen LogP contribution in [0.2, 0.25) is 0 Å². The average molecular weight is 647 g/mol. The third-order valence-corrected chi connectivity index (χ3v) is 7.72. The Bertz CT molecular complexity index is 2040. The Hall–Kier alpha value is -5.23. The average Bonchev–Trinajstić information content (AvgIpc) is 3.05. The van der Waals surface area contributed by atoms with E-state index in [4.69, 9.17) is 0 Å². The zero-order chi connectivity index (χ0) is 32.0. The molecule has 9 heteroatoms. The molecule has 0 amide bonds. The summed E-state index contributed by atoms with van der Waals surface area (Å²) >= 11 is 0. The van der Waals surface area contributed by atoms with Crippen LogP contribution in [0.25, 0.3) is 21.5 Å². The Morgan fingerprint density at radius 1 is 0.500 bits per heavy atom. The summed E-state index contributed by atoms with van der Waals surface area (Å²) in [5, 5.41) is 67.8. The first-order chi connectivity index (χ1) is 21.7. The van der Waals surface area contributed by atoms with Crippen LogP contribution in [0.4, 0.5) is 22.7 Å². The molecule has 1 radical (unpaired) electrons. The number of azo groups is 2. The molecule has 0 saturated carbocycles. The predicted octanol–water partition coefficient (Wildman–Crippen LogP) is 8.49. The van der Waals surface area contributed by atoms with Gasteiger partial charge >= 0.3 is 17.4 Å². The van der Waals surface area contributed by atoms with Gasteiger partial charge in [0.1, 0.15) is 0 Å². The number of rotatable bonds is 6. The minimum Gasteiger partial charge on any atom is -0.871 e. The van der Waals surface area contributed by atoms with Crippen molar-refractivity contribution < 1.29 is 37.8 Å². The van der Waals surface area contributed by atoms with Crippen LogP contribution >= 0.6 is 0 Å². The minimum atomic E-state index is -0.230. The van der Waals surface area contributed by atoms with Crippen molar-refractivity contribution in [3.05, 3.63) is 121 Å². The van der Waals surface area contributed by atoms with Gasteiger partial charge in [-0.05, 0) is 40.3 Å². The standard InChI is InChI=1S/C21H22N2O2.C16H12N2O2.Cr/c1-4-21(2,3)16-10-7-11-17(20(16)25)22-23-19-15-9-6-5-8-14(15)12-13-18(19)24;19-14-8-4-3-7-13(14)17-18-16-12-6-2-1-5-11(12)9-10-15(16)20;/h5-13,24-25H,4H2,1-3H3;1-10,19-20H;/q;;+3/p-4. The van der Waals surface area contributed by atoms with E-state index in [1.807, 2.05) is 81.4 Å². The molecule has 6 aromatic carbocycles. The fraction of sp³-hybridized carbons (Fsp3) is 0.135. The molecule has 6 aromatic rings. The van der Waals surface area contributed by atoms with Crippen LogP contribution in [0, 0.1) is 0 Å². The first-order valence-corrected chi connectivity index (χ1v) is 14.5. The molecule has 0 atom stereocenters. The fourth-order valence-electron chi connectivity index (χ4n) is 4.75. The predicted molar refractivity (Wildman–Crippen MR) is 170 cm³/mol. The number of nitrogens with zero attached hydrogens (tertiary/aromatic N) is 4. The molecule has 0 aliphatic rings. The Labute approximate surface area is 278 Å². The number of para-hydroxylation sites is 2. The van der Waals surface area contributed by atoms with Crippen molar-refractivity contribution in [1.82, 2.24) is 0 Å². The molecule has 46 heavy (non-hydrogen) atoms. The molecule has 8 nitrogen and oxygen atoms in total. The second-order valence-corrected chi connectivity index (χ2v) is 11.0. The van der Waals surface area contributed by atoms with Crippen molar-refractivity contribution in [3.8, 4) is 23.0 Å². The van der Waals surface area contributed by atoms with Gasteiger partial charge in [0.2, 0.25) is 0 Å². The van der Waals surface area contributed by atoms with Crippen LogP contribution < -0.4 is 20.4 Å². The third kappa shape index (κ3) is 7.35. The molecule has 0 saturated heterocycles. The largest absolute Gasteiger partial charge is 3.00 e. The van der Waals surface area contributed by atoms with Crippen LogP contribution in [0.1, 0.15) is 32.8 Å². The van der Waals surface area contributed by atoms with E-state index in [0.29, 0.717) is 5.56 Å². The van der Waals surface area contributed by atoms with Crippen LogP contribution in [-0.2, 0) is 22.8 Å². The summed E-state index contributed by atoms with van der Waals surface area (Å²) in [5.74, 6) is -0.773.